The van der Waals surface area contributed by atoms with E-state index in [1.54, 1.807) is 24.3 Å². The summed E-state index contributed by atoms with van der Waals surface area (Å²) < 4.78 is 6.53. The molecule has 6 heteroatoms. The molecule has 0 heterocycles. The third-order valence-corrected chi connectivity index (χ3v) is 4.23. The molecule has 0 fully saturated rings. The first-order valence-electron chi connectivity index (χ1n) is 7.98. The van der Waals surface area contributed by atoms with Crippen LogP contribution in [-0.4, -0.2) is 11.9 Å². The predicted molar refractivity (Wildman–Crippen MR) is 107 cm³/mol. The summed E-state index contributed by atoms with van der Waals surface area (Å²) >= 11 is 9.33. The van der Waals surface area contributed by atoms with Crippen LogP contribution in [0, 0.1) is 11.3 Å². The average molecular weight is 434 g/mol. The summed E-state index contributed by atoms with van der Waals surface area (Å²) in [5.74, 6) is 0.281. The molecule has 0 spiro atoms. The molecule has 1 amide bonds. The van der Waals surface area contributed by atoms with Gasteiger partial charge in [0.1, 0.15) is 24.0 Å². The van der Waals surface area contributed by atoms with Crippen LogP contribution in [-0.2, 0) is 11.4 Å². The van der Waals surface area contributed by atoms with Crippen molar-refractivity contribution < 1.29 is 9.53 Å². The van der Waals surface area contributed by atoms with Crippen LogP contribution in [0.5, 0.6) is 5.75 Å². The van der Waals surface area contributed by atoms with E-state index in [1.807, 2.05) is 44.2 Å². The van der Waals surface area contributed by atoms with Crippen LogP contribution in [0.25, 0.3) is 6.08 Å². The SMILES string of the molecule is CC(C)NC(=O)/C(C#N)=C\c1ccc(OCc2ccc(Cl)cc2)c(Br)c1. The van der Waals surface area contributed by atoms with Crippen LogP contribution >= 0.6 is 27.5 Å². The summed E-state index contributed by atoms with van der Waals surface area (Å²) in [6.07, 6.45) is 1.55. The molecule has 0 aliphatic rings. The van der Waals surface area contributed by atoms with Crippen molar-refractivity contribution in [3.63, 3.8) is 0 Å². The van der Waals surface area contributed by atoms with Crippen molar-refractivity contribution in [2.24, 2.45) is 0 Å². The van der Waals surface area contributed by atoms with Gasteiger partial charge < -0.3 is 10.1 Å². The fraction of sp³-hybridized carbons (Fsp3) is 0.200. The maximum Gasteiger partial charge on any atom is 0.262 e. The number of nitrogens with one attached hydrogen (secondary N) is 1. The molecule has 1 N–H and O–H groups in total. The number of halogens is 2. The number of ether oxygens (including phenoxy) is 1. The Hall–Kier alpha value is -2.29. The van der Waals surface area contributed by atoms with Gasteiger partial charge in [0, 0.05) is 11.1 Å². The number of carbonyl (C=O) groups is 1. The van der Waals surface area contributed by atoms with E-state index >= 15 is 0 Å². The first-order valence-corrected chi connectivity index (χ1v) is 9.15. The van der Waals surface area contributed by atoms with Gasteiger partial charge in [-0.2, -0.15) is 5.26 Å². The molecule has 2 aromatic carbocycles. The van der Waals surface area contributed by atoms with Crippen molar-refractivity contribution in [1.29, 1.82) is 5.26 Å². The molecule has 0 unspecified atom stereocenters. The van der Waals surface area contributed by atoms with Gasteiger partial charge in [0.25, 0.3) is 5.91 Å². The highest BCUT2D eigenvalue weighted by atomic mass is 79.9. The summed E-state index contributed by atoms with van der Waals surface area (Å²) in [6.45, 7) is 4.10. The number of carbonyl (C=O) groups excluding carboxylic acids is 1. The first kappa shape index (κ1) is 20.0. The lowest BCUT2D eigenvalue weighted by atomic mass is 10.1. The number of hydrogen-bond donors (Lipinski definition) is 1. The van der Waals surface area contributed by atoms with Gasteiger partial charge in [-0.25, -0.2) is 0 Å². The van der Waals surface area contributed by atoms with E-state index in [9.17, 15) is 10.1 Å². The second-order valence-corrected chi connectivity index (χ2v) is 7.19. The second-order valence-electron chi connectivity index (χ2n) is 5.90. The molecule has 0 atom stereocenters. The molecular formula is C20H18BrClN2O2. The monoisotopic (exact) mass is 432 g/mol. The Morgan fingerprint density at radius 1 is 1.31 bits per heavy atom. The zero-order valence-corrected chi connectivity index (χ0v) is 16.8. The first-order chi connectivity index (χ1) is 12.4. The van der Waals surface area contributed by atoms with E-state index < -0.39 is 0 Å². The molecule has 0 saturated heterocycles. The number of hydrogen-bond acceptors (Lipinski definition) is 3. The molecule has 0 aliphatic heterocycles. The minimum Gasteiger partial charge on any atom is -0.488 e. The van der Waals surface area contributed by atoms with E-state index in [-0.39, 0.29) is 17.5 Å². The molecule has 2 aromatic rings. The molecule has 134 valence electrons. The maximum atomic E-state index is 12.0. The van der Waals surface area contributed by atoms with Gasteiger partial charge in [0.05, 0.1) is 4.47 Å². The lowest BCUT2D eigenvalue weighted by molar-refractivity contribution is -0.117. The fourth-order valence-corrected chi connectivity index (χ4v) is 2.76. The number of nitriles is 1. The van der Waals surface area contributed by atoms with Gasteiger partial charge in [-0.1, -0.05) is 29.8 Å². The Morgan fingerprint density at radius 2 is 2.00 bits per heavy atom. The molecule has 0 saturated carbocycles. The Balaban J connectivity index is 2.10. The van der Waals surface area contributed by atoms with E-state index in [0.717, 1.165) is 15.6 Å². The zero-order valence-electron chi connectivity index (χ0n) is 14.4. The van der Waals surface area contributed by atoms with E-state index in [1.165, 1.54) is 0 Å². The lowest BCUT2D eigenvalue weighted by Crippen LogP contribution is -2.30. The number of rotatable bonds is 6. The molecule has 26 heavy (non-hydrogen) atoms. The average Bonchev–Trinajstić information content (AvgIpc) is 2.59. The largest absolute Gasteiger partial charge is 0.488 e. The van der Waals surface area contributed by atoms with Crippen LogP contribution in [0.1, 0.15) is 25.0 Å². The van der Waals surface area contributed by atoms with Crippen LogP contribution in [0.3, 0.4) is 0 Å². The van der Waals surface area contributed by atoms with Crippen molar-refractivity contribution in [3.05, 3.63) is 68.7 Å². The van der Waals surface area contributed by atoms with Crippen molar-refractivity contribution in [2.75, 3.05) is 0 Å². The van der Waals surface area contributed by atoms with Crippen LogP contribution in [0.15, 0.2) is 52.5 Å². The normalized spacial score (nSPS) is 11.2. The van der Waals surface area contributed by atoms with Gasteiger partial charge in [0.15, 0.2) is 0 Å². The molecule has 4 nitrogen and oxygen atoms in total. The summed E-state index contributed by atoms with van der Waals surface area (Å²) in [5.41, 5.74) is 1.79. The van der Waals surface area contributed by atoms with Gasteiger partial charge >= 0.3 is 0 Å². The summed E-state index contributed by atoms with van der Waals surface area (Å²) in [4.78, 5) is 12.0. The Kier molecular flexibility index (Phi) is 7.26. The Morgan fingerprint density at radius 3 is 2.58 bits per heavy atom. The van der Waals surface area contributed by atoms with Gasteiger partial charge in [-0.15, -0.1) is 0 Å². The minimum atomic E-state index is -0.387. The van der Waals surface area contributed by atoms with Crippen molar-refractivity contribution in [2.45, 2.75) is 26.5 Å². The topological polar surface area (TPSA) is 62.1 Å². The zero-order chi connectivity index (χ0) is 19.1. The molecule has 0 bridgehead atoms. The minimum absolute atomic E-state index is 0.0328. The van der Waals surface area contributed by atoms with Gasteiger partial charge in [-0.3, -0.25) is 4.79 Å². The molecule has 0 aliphatic carbocycles. The summed E-state index contributed by atoms with van der Waals surface area (Å²) in [5, 5.41) is 12.6. The summed E-state index contributed by atoms with van der Waals surface area (Å²) in [7, 11) is 0. The van der Waals surface area contributed by atoms with Crippen molar-refractivity contribution in [1.82, 2.24) is 5.32 Å². The number of nitrogens with zero attached hydrogens (tertiary/aromatic N) is 1. The van der Waals surface area contributed by atoms with Gasteiger partial charge in [-0.05, 0) is 71.2 Å². The van der Waals surface area contributed by atoms with E-state index in [4.69, 9.17) is 16.3 Å². The molecule has 0 radical (unpaired) electrons. The fourth-order valence-electron chi connectivity index (χ4n) is 2.12. The Bertz CT molecular complexity index is 855. The van der Waals surface area contributed by atoms with Gasteiger partial charge in [0.2, 0.25) is 0 Å². The van der Waals surface area contributed by atoms with Crippen LogP contribution < -0.4 is 10.1 Å². The van der Waals surface area contributed by atoms with E-state index in [2.05, 4.69) is 21.2 Å². The van der Waals surface area contributed by atoms with Crippen LogP contribution in [0.4, 0.5) is 0 Å². The van der Waals surface area contributed by atoms with E-state index in [0.29, 0.717) is 17.4 Å². The Labute approximate surface area is 166 Å². The third-order valence-electron chi connectivity index (χ3n) is 3.36. The molecular weight excluding hydrogens is 416 g/mol. The maximum absolute atomic E-state index is 12.0. The third kappa shape index (κ3) is 5.91. The van der Waals surface area contributed by atoms with Crippen molar-refractivity contribution in [3.8, 4) is 11.8 Å². The smallest absolute Gasteiger partial charge is 0.262 e. The standard InChI is InChI=1S/C20H18BrClN2O2/c1-13(2)24-20(25)16(11-23)9-15-5-8-19(18(21)10-15)26-12-14-3-6-17(22)7-4-14/h3-10,13H,12H2,1-2H3,(H,24,25)/b16-9-. The highest BCUT2D eigenvalue weighted by Crippen LogP contribution is 2.28. The highest BCUT2D eigenvalue weighted by molar-refractivity contribution is 9.10. The van der Waals surface area contributed by atoms with Crippen molar-refractivity contribution >= 4 is 39.5 Å². The number of benzene rings is 2. The predicted octanol–water partition coefficient (Wildman–Crippen LogP) is 5.11. The quantitative estimate of drug-likeness (QED) is 0.508. The highest BCUT2D eigenvalue weighted by Gasteiger charge is 2.11. The second kappa shape index (κ2) is 9.42. The molecule has 0 aromatic heterocycles. The summed E-state index contributed by atoms with van der Waals surface area (Å²) in [6, 6.07) is 14.7. The number of amides is 1. The van der Waals surface area contributed by atoms with Crippen LogP contribution in [0.2, 0.25) is 5.02 Å². The lowest BCUT2D eigenvalue weighted by Gasteiger charge is -2.10. The molecule has 2 rings (SSSR count).